The third-order valence-corrected chi connectivity index (χ3v) is 3.96. The highest BCUT2D eigenvalue weighted by molar-refractivity contribution is 5.95. The number of imide groups is 1. The highest BCUT2D eigenvalue weighted by Gasteiger charge is 2.14. The molecule has 0 saturated heterocycles. The molecule has 0 aliphatic heterocycles. The Morgan fingerprint density at radius 1 is 1.15 bits per heavy atom. The summed E-state index contributed by atoms with van der Waals surface area (Å²) >= 11 is 0. The molecular formula is C19H31N3O4. The zero-order valence-electron chi connectivity index (χ0n) is 16.6. The Morgan fingerprint density at radius 2 is 1.77 bits per heavy atom. The largest absolute Gasteiger partial charge is 0.493 e. The van der Waals surface area contributed by atoms with Crippen LogP contribution >= 0.6 is 0 Å². The van der Waals surface area contributed by atoms with E-state index in [0.717, 1.165) is 17.5 Å². The highest BCUT2D eigenvalue weighted by Crippen LogP contribution is 2.30. The van der Waals surface area contributed by atoms with Gasteiger partial charge < -0.3 is 14.8 Å². The molecule has 0 aliphatic rings. The van der Waals surface area contributed by atoms with E-state index in [0.29, 0.717) is 30.5 Å². The molecule has 0 fully saturated rings. The van der Waals surface area contributed by atoms with Crippen molar-refractivity contribution in [3.63, 3.8) is 0 Å². The van der Waals surface area contributed by atoms with Crippen molar-refractivity contribution >= 4 is 11.9 Å². The lowest BCUT2D eigenvalue weighted by atomic mass is 10.1. The summed E-state index contributed by atoms with van der Waals surface area (Å²) in [5.74, 6) is 1.48. The summed E-state index contributed by atoms with van der Waals surface area (Å²) in [4.78, 5) is 25.5. The maximum atomic E-state index is 12.0. The molecule has 1 rings (SSSR count). The van der Waals surface area contributed by atoms with Crippen molar-refractivity contribution in [1.82, 2.24) is 15.5 Å². The topological polar surface area (TPSA) is 79.9 Å². The fourth-order valence-electron chi connectivity index (χ4n) is 2.47. The highest BCUT2D eigenvalue weighted by atomic mass is 16.5. The van der Waals surface area contributed by atoms with E-state index in [1.54, 1.807) is 14.2 Å². The van der Waals surface area contributed by atoms with Gasteiger partial charge in [-0.15, -0.1) is 0 Å². The van der Waals surface area contributed by atoms with E-state index < -0.39 is 6.03 Å². The summed E-state index contributed by atoms with van der Waals surface area (Å²) in [5, 5.41) is 5.04. The molecule has 0 radical (unpaired) electrons. The minimum absolute atomic E-state index is 0.116. The number of nitrogens with one attached hydrogen (secondary N) is 2. The first-order chi connectivity index (χ1) is 12.3. The second-order valence-electron chi connectivity index (χ2n) is 6.79. The Kier molecular flexibility index (Phi) is 8.92. The average molecular weight is 365 g/mol. The van der Waals surface area contributed by atoms with Gasteiger partial charge in [-0.1, -0.05) is 13.8 Å². The van der Waals surface area contributed by atoms with Crippen LogP contribution < -0.4 is 20.1 Å². The summed E-state index contributed by atoms with van der Waals surface area (Å²) in [5.41, 5.74) is 2.07. The Morgan fingerprint density at radius 3 is 2.35 bits per heavy atom. The fourth-order valence-corrected chi connectivity index (χ4v) is 2.47. The quantitative estimate of drug-likeness (QED) is 0.702. The normalized spacial score (nSPS) is 10.8. The SMILES string of the molecule is COc1cc(C)c(CN(C)CC(=O)NC(=O)NCCC(C)C)cc1OC. The van der Waals surface area contributed by atoms with Crippen LogP contribution in [0.25, 0.3) is 0 Å². The van der Waals surface area contributed by atoms with Crippen LogP contribution in [0.2, 0.25) is 0 Å². The van der Waals surface area contributed by atoms with Gasteiger partial charge in [-0.2, -0.15) is 0 Å². The van der Waals surface area contributed by atoms with Gasteiger partial charge in [-0.25, -0.2) is 4.79 Å². The van der Waals surface area contributed by atoms with Gasteiger partial charge in [-0.3, -0.25) is 15.0 Å². The van der Waals surface area contributed by atoms with Crippen LogP contribution in [0, 0.1) is 12.8 Å². The average Bonchev–Trinajstić information content (AvgIpc) is 2.55. The number of carbonyl (C=O) groups is 2. The van der Waals surface area contributed by atoms with Gasteiger partial charge >= 0.3 is 6.03 Å². The van der Waals surface area contributed by atoms with E-state index in [1.807, 2.05) is 31.0 Å². The molecule has 1 aromatic carbocycles. The lowest BCUT2D eigenvalue weighted by Crippen LogP contribution is -2.44. The number of urea groups is 1. The van der Waals surface area contributed by atoms with Crippen molar-refractivity contribution in [3.8, 4) is 11.5 Å². The summed E-state index contributed by atoms with van der Waals surface area (Å²) in [6.07, 6.45) is 0.875. The number of hydrogen-bond donors (Lipinski definition) is 2. The van der Waals surface area contributed by atoms with Gasteiger partial charge in [-0.05, 0) is 49.6 Å². The van der Waals surface area contributed by atoms with Crippen LogP contribution in [-0.2, 0) is 11.3 Å². The van der Waals surface area contributed by atoms with Crippen molar-refractivity contribution in [2.75, 3.05) is 34.4 Å². The number of amides is 3. The maximum Gasteiger partial charge on any atom is 0.321 e. The predicted molar refractivity (Wildman–Crippen MR) is 102 cm³/mol. The molecule has 0 bridgehead atoms. The molecule has 0 aliphatic carbocycles. The minimum Gasteiger partial charge on any atom is -0.493 e. The monoisotopic (exact) mass is 365 g/mol. The van der Waals surface area contributed by atoms with Crippen molar-refractivity contribution in [3.05, 3.63) is 23.3 Å². The van der Waals surface area contributed by atoms with Crippen molar-refractivity contribution in [1.29, 1.82) is 0 Å². The number of benzene rings is 1. The van der Waals surface area contributed by atoms with Gasteiger partial charge in [0.15, 0.2) is 11.5 Å². The van der Waals surface area contributed by atoms with Gasteiger partial charge in [0, 0.05) is 13.1 Å². The molecule has 2 N–H and O–H groups in total. The van der Waals surface area contributed by atoms with Crippen molar-refractivity contribution < 1.29 is 19.1 Å². The molecule has 0 spiro atoms. The lowest BCUT2D eigenvalue weighted by molar-refractivity contribution is -0.120. The molecule has 0 unspecified atom stereocenters. The molecule has 146 valence electrons. The maximum absolute atomic E-state index is 12.0. The number of carbonyl (C=O) groups excluding carboxylic acids is 2. The Labute approximate surface area is 156 Å². The molecule has 3 amide bonds. The van der Waals surface area contributed by atoms with Crippen LogP contribution in [0.5, 0.6) is 11.5 Å². The molecule has 0 aromatic heterocycles. The number of nitrogens with zero attached hydrogens (tertiary/aromatic N) is 1. The second-order valence-corrected chi connectivity index (χ2v) is 6.79. The number of likely N-dealkylation sites (N-methyl/N-ethyl adjacent to an activating group) is 1. The van der Waals surface area contributed by atoms with E-state index >= 15 is 0 Å². The molecule has 7 heteroatoms. The van der Waals surface area contributed by atoms with Crippen molar-refractivity contribution in [2.45, 2.75) is 33.7 Å². The number of aryl methyl sites for hydroxylation is 1. The molecule has 26 heavy (non-hydrogen) atoms. The van der Waals surface area contributed by atoms with E-state index in [-0.39, 0.29) is 12.5 Å². The number of hydrogen-bond acceptors (Lipinski definition) is 5. The Balaban J connectivity index is 2.54. The molecule has 1 aromatic rings. The zero-order valence-corrected chi connectivity index (χ0v) is 16.6. The van der Waals surface area contributed by atoms with Crippen LogP contribution in [0.1, 0.15) is 31.4 Å². The number of ether oxygens (including phenoxy) is 2. The third-order valence-electron chi connectivity index (χ3n) is 3.96. The summed E-state index contributed by atoms with van der Waals surface area (Å²) in [6.45, 7) is 7.36. The van der Waals surface area contributed by atoms with Gasteiger partial charge in [0.05, 0.1) is 20.8 Å². The summed E-state index contributed by atoms with van der Waals surface area (Å²) < 4.78 is 10.6. The first-order valence-corrected chi connectivity index (χ1v) is 8.74. The molecule has 0 saturated carbocycles. The van der Waals surface area contributed by atoms with E-state index in [4.69, 9.17) is 9.47 Å². The number of methoxy groups -OCH3 is 2. The Bertz CT molecular complexity index is 617. The minimum atomic E-state index is -0.452. The number of rotatable bonds is 9. The zero-order chi connectivity index (χ0) is 19.7. The molecule has 0 heterocycles. The summed E-state index contributed by atoms with van der Waals surface area (Å²) in [6, 6.07) is 3.36. The van der Waals surface area contributed by atoms with Crippen LogP contribution in [-0.4, -0.2) is 51.2 Å². The van der Waals surface area contributed by atoms with E-state index in [9.17, 15) is 9.59 Å². The standard InChI is InChI=1S/C19H31N3O4/c1-13(2)7-8-20-19(24)21-18(23)12-22(4)11-15-10-17(26-6)16(25-5)9-14(15)3/h9-10,13H,7-8,11-12H2,1-6H3,(H2,20,21,23,24). The van der Waals surface area contributed by atoms with Gasteiger partial charge in [0.25, 0.3) is 0 Å². The third kappa shape index (κ3) is 7.31. The van der Waals surface area contributed by atoms with Crippen LogP contribution in [0.4, 0.5) is 4.79 Å². The predicted octanol–water partition coefficient (Wildman–Crippen LogP) is 2.32. The second kappa shape index (κ2) is 10.7. The Hall–Kier alpha value is -2.28. The van der Waals surface area contributed by atoms with Crippen LogP contribution in [0.15, 0.2) is 12.1 Å². The van der Waals surface area contributed by atoms with E-state index in [2.05, 4.69) is 24.5 Å². The first kappa shape index (κ1) is 21.8. The van der Waals surface area contributed by atoms with Crippen LogP contribution in [0.3, 0.4) is 0 Å². The van der Waals surface area contributed by atoms with Crippen molar-refractivity contribution in [2.24, 2.45) is 5.92 Å². The lowest BCUT2D eigenvalue weighted by Gasteiger charge is -2.19. The first-order valence-electron chi connectivity index (χ1n) is 8.74. The molecular weight excluding hydrogens is 334 g/mol. The smallest absolute Gasteiger partial charge is 0.321 e. The van der Waals surface area contributed by atoms with Gasteiger partial charge in [0.2, 0.25) is 5.91 Å². The molecule has 7 nitrogen and oxygen atoms in total. The summed E-state index contributed by atoms with van der Waals surface area (Å²) in [7, 11) is 5.01. The van der Waals surface area contributed by atoms with Gasteiger partial charge in [0.1, 0.15) is 0 Å². The molecule has 0 atom stereocenters. The van der Waals surface area contributed by atoms with E-state index in [1.165, 1.54) is 0 Å². The fraction of sp³-hybridized carbons (Fsp3) is 0.579.